The standard InChI is InChI=1S/C22H23Cl2FN2O2/c1-14(2)9-22(28)27(12-16-5-3-4-6-20(16)25)13-17-11-21(26-29-17)15-7-8-18(23)19(24)10-15/h3-8,10,14,17H,9,11-13H2,1-2H3/t17-/m0/s1. The first kappa shape index (κ1) is 21.6. The number of oxime groups is 1. The Balaban J connectivity index is 1.70. The third kappa shape index (κ3) is 5.71. The molecule has 0 unspecified atom stereocenters. The first-order valence-corrected chi connectivity index (χ1v) is 10.3. The number of halogens is 3. The molecule has 0 aromatic heterocycles. The van der Waals surface area contributed by atoms with Crippen LogP contribution < -0.4 is 0 Å². The lowest BCUT2D eigenvalue weighted by molar-refractivity contribution is -0.134. The van der Waals surface area contributed by atoms with Gasteiger partial charge in [-0.15, -0.1) is 0 Å². The normalized spacial score (nSPS) is 15.9. The molecule has 0 bridgehead atoms. The van der Waals surface area contributed by atoms with E-state index in [1.165, 1.54) is 6.07 Å². The van der Waals surface area contributed by atoms with Crippen LogP contribution in [0.3, 0.4) is 0 Å². The molecule has 0 saturated heterocycles. The number of benzene rings is 2. The second-order valence-corrected chi connectivity index (χ2v) is 8.38. The van der Waals surface area contributed by atoms with Crippen molar-refractivity contribution in [3.63, 3.8) is 0 Å². The van der Waals surface area contributed by atoms with Crippen LogP contribution in [0.25, 0.3) is 0 Å². The predicted octanol–water partition coefficient (Wildman–Crippen LogP) is 5.70. The summed E-state index contributed by atoms with van der Waals surface area (Å²) in [5.41, 5.74) is 2.06. The Morgan fingerprint density at radius 3 is 2.69 bits per heavy atom. The van der Waals surface area contributed by atoms with Crippen LogP contribution in [-0.4, -0.2) is 29.2 Å². The van der Waals surface area contributed by atoms with Crippen molar-refractivity contribution in [2.45, 2.75) is 39.3 Å². The molecule has 0 saturated carbocycles. The minimum absolute atomic E-state index is 0.0326. The summed E-state index contributed by atoms with van der Waals surface area (Å²) in [4.78, 5) is 20.0. The van der Waals surface area contributed by atoms with Crippen LogP contribution in [0.15, 0.2) is 47.6 Å². The zero-order valence-electron chi connectivity index (χ0n) is 16.4. The van der Waals surface area contributed by atoms with Crippen molar-refractivity contribution in [2.75, 3.05) is 6.54 Å². The summed E-state index contributed by atoms with van der Waals surface area (Å²) in [7, 11) is 0. The Morgan fingerprint density at radius 1 is 1.24 bits per heavy atom. The molecule has 1 heterocycles. The highest BCUT2D eigenvalue weighted by atomic mass is 35.5. The largest absolute Gasteiger partial charge is 0.390 e. The van der Waals surface area contributed by atoms with Crippen LogP contribution in [0.1, 0.15) is 37.8 Å². The molecular formula is C22H23Cl2FN2O2. The van der Waals surface area contributed by atoms with E-state index in [4.69, 9.17) is 28.0 Å². The summed E-state index contributed by atoms with van der Waals surface area (Å²) in [6.07, 6.45) is 0.616. The van der Waals surface area contributed by atoms with Crippen molar-refractivity contribution in [1.82, 2.24) is 4.90 Å². The average molecular weight is 437 g/mol. The molecule has 2 aromatic carbocycles. The Bertz CT molecular complexity index is 917. The van der Waals surface area contributed by atoms with Gasteiger partial charge in [-0.1, -0.05) is 66.5 Å². The topological polar surface area (TPSA) is 41.9 Å². The van der Waals surface area contributed by atoms with Crippen molar-refractivity contribution < 1.29 is 14.0 Å². The van der Waals surface area contributed by atoms with Crippen LogP contribution in [0.2, 0.25) is 10.0 Å². The van der Waals surface area contributed by atoms with Gasteiger partial charge in [-0.25, -0.2) is 4.39 Å². The van der Waals surface area contributed by atoms with Crippen LogP contribution in [0, 0.1) is 11.7 Å². The first-order chi connectivity index (χ1) is 13.8. The molecule has 3 rings (SSSR count). The molecule has 0 fully saturated rings. The zero-order valence-corrected chi connectivity index (χ0v) is 17.9. The first-order valence-electron chi connectivity index (χ1n) is 9.52. The maximum atomic E-state index is 14.1. The van der Waals surface area contributed by atoms with Gasteiger partial charge in [-0.3, -0.25) is 4.79 Å². The maximum absolute atomic E-state index is 14.1. The third-order valence-electron chi connectivity index (χ3n) is 4.66. The molecule has 0 aliphatic carbocycles. The highest BCUT2D eigenvalue weighted by molar-refractivity contribution is 6.42. The highest BCUT2D eigenvalue weighted by Crippen LogP contribution is 2.26. The molecule has 0 spiro atoms. The van der Waals surface area contributed by atoms with Crippen LogP contribution in [-0.2, 0) is 16.2 Å². The van der Waals surface area contributed by atoms with Gasteiger partial charge in [0.1, 0.15) is 5.82 Å². The fraction of sp³-hybridized carbons (Fsp3) is 0.364. The molecule has 2 aromatic rings. The van der Waals surface area contributed by atoms with E-state index in [2.05, 4.69) is 5.16 Å². The molecule has 7 heteroatoms. The van der Waals surface area contributed by atoms with Gasteiger partial charge in [0, 0.05) is 30.5 Å². The van der Waals surface area contributed by atoms with Crippen molar-refractivity contribution in [3.8, 4) is 0 Å². The Labute approximate surface area is 180 Å². The van der Waals surface area contributed by atoms with Gasteiger partial charge >= 0.3 is 0 Å². The number of amides is 1. The lowest BCUT2D eigenvalue weighted by atomic mass is 10.0. The van der Waals surface area contributed by atoms with E-state index < -0.39 is 0 Å². The van der Waals surface area contributed by atoms with Crippen LogP contribution in [0.4, 0.5) is 4.39 Å². The molecule has 0 N–H and O–H groups in total. The summed E-state index contributed by atoms with van der Waals surface area (Å²) in [6.45, 7) is 4.49. The summed E-state index contributed by atoms with van der Waals surface area (Å²) in [5.74, 6) is -0.150. The SMILES string of the molecule is CC(C)CC(=O)N(Cc1ccccc1F)C[C@@H]1CC(c2ccc(Cl)c(Cl)c2)=NO1. The predicted molar refractivity (Wildman–Crippen MR) is 114 cm³/mol. The van der Waals surface area contributed by atoms with E-state index in [-0.39, 0.29) is 30.3 Å². The molecule has 1 aliphatic rings. The number of hydrogen-bond donors (Lipinski definition) is 0. The van der Waals surface area contributed by atoms with E-state index in [1.54, 1.807) is 35.2 Å². The quantitative estimate of drug-likeness (QED) is 0.558. The lowest BCUT2D eigenvalue weighted by Crippen LogP contribution is -2.38. The maximum Gasteiger partial charge on any atom is 0.223 e. The minimum atomic E-state index is -0.324. The second-order valence-electron chi connectivity index (χ2n) is 7.56. The van der Waals surface area contributed by atoms with E-state index in [0.29, 0.717) is 35.0 Å². The molecule has 154 valence electrons. The monoisotopic (exact) mass is 436 g/mol. The van der Waals surface area contributed by atoms with Crippen molar-refractivity contribution in [1.29, 1.82) is 0 Å². The zero-order chi connectivity index (χ0) is 21.0. The van der Waals surface area contributed by atoms with Crippen LogP contribution >= 0.6 is 23.2 Å². The Kier molecular flexibility index (Phi) is 7.14. The fourth-order valence-electron chi connectivity index (χ4n) is 3.18. The molecular weight excluding hydrogens is 414 g/mol. The molecule has 0 radical (unpaired) electrons. The third-order valence-corrected chi connectivity index (χ3v) is 5.40. The van der Waals surface area contributed by atoms with Crippen molar-refractivity contribution in [3.05, 3.63) is 69.5 Å². The van der Waals surface area contributed by atoms with Crippen molar-refractivity contribution >= 4 is 34.8 Å². The molecule has 29 heavy (non-hydrogen) atoms. The smallest absolute Gasteiger partial charge is 0.223 e. The van der Waals surface area contributed by atoms with Gasteiger partial charge in [0.2, 0.25) is 5.91 Å². The highest BCUT2D eigenvalue weighted by Gasteiger charge is 2.27. The fourth-order valence-corrected chi connectivity index (χ4v) is 3.48. The molecule has 4 nitrogen and oxygen atoms in total. The van der Waals surface area contributed by atoms with Gasteiger partial charge in [-0.05, 0) is 24.1 Å². The summed E-state index contributed by atoms with van der Waals surface area (Å²) < 4.78 is 14.1. The number of nitrogens with zero attached hydrogens (tertiary/aromatic N) is 2. The Morgan fingerprint density at radius 2 is 2.00 bits per heavy atom. The van der Waals surface area contributed by atoms with Gasteiger partial charge in [-0.2, -0.15) is 0 Å². The second kappa shape index (κ2) is 9.59. The average Bonchev–Trinajstić information content (AvgIpc) is 3.13. The van der Waals surface area contributed by atoms with Crippen molar-refractivity contribution in [2.24, 2.45) is 11.1 Å². The number of carbonyl (C=O) groups is 1. The van der Waals surface area contributed by atoms with Gasteiger partial charge in [0.05, 0.1) is 22.3 Å². The summed E-state index contributed by atoms with van der Waals surface area (Å²) in [6, 6.07) is 11.8. The molecule has 1 atom stereocenters. The number of rotatable bonds is 7. The van der Waals surface area contributed by atoms with E-state index >= 15 is 0 Å². The summed E-state index contributed by atoms with van der Waals surface area (Å²) >= 11 is 12.1. The summed E-state index contributed by atoms with van der Waals surface area (Å²) in [5, 5.41) is 5.08. The van der Waals surface area contributed by atoms with E-state index in [0.717, 1.165) is 11.3 Å². The molecule has 1 amide bonds. The van der Waals surface area contributed by atoms with Crippen LogP contribution in [0.5, 0.6) is 0 Å². The van der Waals surface area contributed by atoms with Gasteiger partial charge in [0.25, 0.3) is 0 Å². The number of hydrogen-bond acceptors (Lipinski definition) is 3. The molecule has 1 aliphatic heterocycles. The minimum Gasteiger partial charge on any atom is -0.390 e. The van der Waals surface area contributed by atoms with Gasteiger partial charge < -0.3 is 9.74 Å². The Hall–Kier alpha value is -2.11. The van der Waals surface area contributed by atoms with E-state index in [1.807, 2.05) is 19.9 Å². The number of carbonyl (C=O) groups excluding carboxylic acids is 1. The van der Waals surface area contributed by atoms with Gasteiger partial charge in [0.15, 0.2) is 6.10 Å². The lowest BCUT2D eigenvalue weighted by Gasteiger charge is -2.26. The van der Waals surface area contributed by atoms with E-state index in [9.17, 15) is 9.18 Å².